The van der Waals surface area contributed by atoms with E-state index in [1.807, 2.05) is 0 Å². The lowest BCUT2D eigenvalue weighted by Gasteiger charge is -2.15. The number of ether oxygens (including phenoxy) is 1. The summed E-state index contributed by atoms with van der Waals surface area (Å²) in [4.78, 5) is 22.9. The largest absolute Gasteiger partial charge is 0.479 e. The molecule has 0 aromatic carbocycles. The van der Waals surface area contributed by atoms with E-state index in [0.29, 0.717) is 5.69 Å². The Hall–Kier alpha value is -1.89. The molecule has 1 aliphatic carbocycles. The Labute approximate surface area is 116 Å². The molecule has 1 saturated carbocycles. The van der Waals surface area contributed by atoms with E-state index in [2.05, 4.69) is 10.4 Å². The van der Waals surface area contributed by atoms with Crippen molar-refractivity contribution in [3.63, 3.8) is 0 Å². The first-order chi connectivity index (χ1) is 9.63. The molecule has 0 radical (unpaired) electrons. The predicted octanol–water partition coefficient (Wildman–Crippen LogP) is 0.828. The molecule has 0 saturated heterocycles. The van der Waals surface area contributed by atoms with Crippen LogP contribution in [0.3, 0.4) is 0 Å². The third kappa shape index (κ3) is 3.16. The van der Waals surface area contributed by atoms with Crippen LogP contribution in [0, 0.1) is 0 Å². The molecule has 0 bridgehead atoms. The second kappa shape index (κ2) is 6.51. The van der Waals surface area contributed by atoms with Gasteiger partial charge in [-0.15, -0.1) is 0 Å². The number of aliphatic carboxylic acids is 1. The molecule has 7 heteroatoms. The highest BCUT2D eigenvalue weighted by Gasteiger charge is 2.24. The van der Waals surface area contributed by atoms with Crippen molar-refractivity contribution in [3.05, 3.63) is 18.0 Å². The van der Waals surface area contributed by atoms with Crippen LogP contribution in [0.4, 0.5) is 0 Å². The zero-order valence-electron chi connectivity index (χ0n) is 11.4. The maximum absolute atomic E-state index is 12.1. The third-order valence-corrected chi connectivity index (χ3v) is 3.58. The maximum Gasteiger partial charge on any atom is 0.334 e. The highest BCUT2D eigenvalue weighted by atomic mass is 16.5. The quantitative estimate of drug-likeness (QED) is 0.805. The summed E-state index contributed by atoms with van der Waals surface area (Å²) in [5.41, 5.74) is 0.470. The number of nitrogens with one attached hydrogen (secondary N) is 1. The SMILES string of the molecule is COC(CNC(=O)c1ccnn1C1CCCC1)C(=O)O. The number of carboxylic acids is 1. The van der Waals surface area contributed by atoms with E-state index in [1.165, 1.54) is 7.11 Å². The fourth-order valence-electron chi connectivity index (χ4n) is 2.48. The van der Waals surface area contributed by atoms with Crippen molar-refractivity contribution in [2.24, 2.45) is 0 Å². The van der Waals surface area contributed by atoms with Crippen LogP contribution in [0.15, 0.2) is 12.3 Å². The van der Waals surface area contributed by atoms with Gasteiger partial charge in [0.15, 0.2) is 6.10 Å². The van der Waals surface area contributed by atoms with Crippen molar-refractivity contribution in [2.45, 2.75) is 37.8 Å². The Balaban J connectivity index is 1.99. The normalized spacial score (nSPS) is 17.1. The zero-order valence-corrected chi connectivity index (χ0v) is 11.4. The van der Waals surface area contributed by atoms with E-state index in [4.69, 9.17) is 9.84 Å². The van der Waals surface area contributed by atoms with E-state index >= 15 is 0 Å². The fraction of sp³-hybridized carbons (Fsp3) is 0.615. The maximum atomic E-state index is 12.1. The predicted molar refractivity (Wildman–Crippen MR) is 70.5 cm³/mol. The summed E-state index contributed by atoms with van der Waals surface area (Å²) in [5, 5.41) is 15.6. The fourth-order valence-corrected chi connectivity index (χ4v) is 2.48. The number of methoxy groups -OCH3 is 1. The average Bonchev–Trinajstić information content (AvgIpc) is 3.09. The van der Waals surface area contributed by atoms with Gasteiger partial charge in [-0.05, 0) is 18.9 Å². The van der Waals surface area contributed by atoms with Gasteiger partial charge in [0.05, 0.1) is 12.6 Å². The zero-order chi connectivity index (χ0) is 14.5. The number of hydrogen-bond donors (Lipinski definition) is 2. The highest BCUT2D eigenvalue weighted by molar-refractivity contribution is 5.92. The van der Waals surface area contributed by atoms with Crippen LogP contribution in [0.5, 0.6) is 0 Å². The van der Waals surface area contributed by atoms with Gasteiger partial charge in [0.2, 0.25) is 0 Å². The second-order valence-corrected chi connectivity index (χ2v) is 4.87. The Bertz CT molecular complexity index is 480. The van der Waals surface area contributed by atoms with Gasteiger partial charge in [-0.2, -0.15) is 5.10 Å². The van der Waals surface area contributed by atoms with Gasteiger partial charge < -0.3 is 15.2 Å². The molecule has 0 aliphatic heterocycles. The monoisotopic (exact) mass is 281 g/mol. The molecule has 110 valence electrons. The summed E-state index contributed by atoms with van der Waals surface area (Å²) in [6.45, 7) is -0.0689. The van der Waals surface area contributed by atoms with Crippen molar-refractivity contribution in [3.8, 4) is 0 Å². The minimum absolute atomic E-state index is 0.0689. The molecule has 1 fully saturated rings. The van der Waals surface area contributed by atoms with Gasteiger partial charge in [-0.25, -0.2) is 4.79 Å². The molecule has 1 unspecified atom stereocenters. The Morgan fingerprint density at radius 1 is 1.55 bits per heavy atom. The van der Waals surface area contributed by atoms with Gasteiger partial charge in [0.1, 0.15) is 5.69 Å². The van der Waals surface area contributed by atoms with Crippen LogP contribution < -0.4 is 5.32 Å². The van der Waals surface area contributed by atoms with Gasteiger partial charge in [0.25, 0.3) is 5.91 Å². The van der Waals surface area contributed by atoms with Gasteiger partial charge in [0, 0.05) is 13.3 Å². The van der Waals surface area contributed by atoms with Crippen LogP contribution in [0.2, 0.25) is 0 Å². The number of nitrogens with zero attached hydrogens (tertiary/aromatic N) is 2. The lowest BCUT2D eigenvalue weighted by molar-refractivity contribution is -0.148. The molecule has 2 N–H and O–H groups in total. The van der Waals surface area contributed by atoms with E-state index in [9.17, 15) is 9.59 Å². The number of rotatable bonds is 6. The van der Waals surface area contributed by atoms with Gasteiger partial charge in [-0.3, -0.25) is 9.48 Å². The van der Waals surface area contributed by atoms with Crippen LogP contribution in [-0.2, 0) is 9.53 Å². The molecule has 0 spiro atoms. The number of carboxylic acid groups (broad SMARTS) is 1. The number of hydrogen-bond acceptors (Lipinski definition) is 4. The lowest BCUT2D eigenvalue weighted by atomic mass is 10.2. The molecule has 1 atom stereocenters. The van der Waals surface area contributed by atoms with Gasteiger partial charge in [-0.1, -0.05) is 12.8 Å². The number of amides is 1. The Kier molecular flexibility index (Phi) is 4.73. The first-order valence-electron chi connectivity index (χ1n) is 6.70. The molecule has 1 aromatic rings. The van der Waals surface area contributed by atoms with E-state index in [-0.39, 0.29) is 18.5 Å². The summed E-state index contributed by atoms with van der Waals surface area (Å²) in [5.74, 6) is -1.42. The van der Waals surface area contributed by atoms with Crippen molar-refractivity contribution >= 4 is 11.9 Å². The lowest BCUT2D eigenvalue weighted by Crippen LogP contribution is -2.38. The van der Waals surface area contributed by atoms with Crippen LogP contribution in [-0.4, -0.2) is 46.5 Å². The van der Waals surface area contributed by atoms with Crippen molar-refractivity contribution in [1.82, 2.24) is 15.1 Å². The summed E-state index contributed by atoms with van der Waals surface area (Å²) < 4.78 is 6.51. The molecule has 1 aliphatic rings. The third-order valence-electron chi connectivity index (χ3n) is 3.58. The number of carbonyl (C=O) groups is 2. The molecule has 7 nitrogen and oxygen atoms in total. The summed E-state index contributed by atoms with van der Waals surface area (Å²) in [6, 6.07) is 1.92. The van der Waals surface area contributed by atoms with Gasteiger partial charge >= 0.3 is 5.97 Å². The van der Waals surface area contributed by atoms with Crippen LogP contribution >= 0.6 is 0 Å². The first-order valence-corrected chi connectivity index (χ1v) is 6.70. The van der Waals surface area contributed by atoms with E-state index in [0.717, 1.165) is 25.7 Å². The summed E-state index contributed by atoms with van der Waals surface area (Å²) in [7, 11) is 1.30. The first kappa shape index (κ1) is 14.5. The molecule has 20 heavy (non-hydrogen) atoms. The number of carbonyl (C=O) groups excluding carboxylic acids is 1. The minimum atomic E-state index is -1.10. The summed E-state index contributed by atoms with van der Waals surface area (Å²) in [6.07, 6.45) is 4.90. The molecular weight excluding hydrogens is 262 g/mol. The van der Waals surface area contributed by atoms with E-state index < -0.39 is 12.1 Å². The standard InChI is InChI=1S/C13H19N3O4/c1-20-11(13(18)19)8-14-12(17)10-6-7-15-16(10)9-4-2-3-5-9/h6-7,9,11H,2-5,8H2,1H3,(H,14,17)(H,18,19). The van der Waals surface area contributed by atoms with Crippen molar-refractivity contribution < 1.29 is 19.4 Å². The van der Waals surface area contributed by atoms with Crippen molar-refractivity contribution in [1.29, 1.82) is 0 Å². The Morgan fingerprint density at radius 3 is 2.85 bits per heavy atom. The second-order valence-electron chi connectivity index (χ2n) is 4.87. The molecule has 1 aromatic heterocycles. The highest BCUT2D eigenvalue weighted by Crippen LogP contribution is 2.29. The number of aromatic nitrogens is 2. The molecule has 2 rings (SSSR count). The minimum Gasteiger partial charge on any atom is -0.479 e. The van der Waals surface area contributed by atoms with Crippen molar-refractivity contribution in [2.75, 3.05) is 13.7 Å². The van der Waals surface area contributed by atoms with Crippen LogP contribution in [0.1, 0.15) is 42.2 Å². The summed E-state index contributed by atoms with van der Waals surface area (Å²) >= 11 is 0. The average molecular weight is 281 g/mol. The van der Waals surface area contributed by atoms with E-state index in [1.54, 1.807) is 16.9 Å². The Morgan fingerprint density at radius 2 is 2.25 bits per heavy atom. The molecular formula is C13H19N3O4. The topological polar surface area (TPSA) is 93.5 Å². The molecule has 1 amide bonds. The molecule has 1 heterocycles. The smallest absolute Gasteiger partial charge is 0.334 e. The van der Waals surface area contributed by atoms with Crippen LogP contribution in [0.25, 0.3) is 0 Å².